The molecule has 1 heterocycles. The lowest BCUT2D eigenvalue weighted by molar-refractivity contribution is -0.384. The number of carbonyl (C=O) groups is 1. The predicted octanol–water partition coefficient (Wildman–Crippen LogP) is 7.06. The van der Waals surface area contributed by atoms with Crippen LogP contribution in [0, 0.1) is 16.0 Å². The molecule has 0 spiro atoms. The number of anilines is 1. The number of para-hydroxylation sites is 2. The van der Waals surface area contributed by atoms with Crippen LogP contribution < -0.4 is 10.1 Å². The van der Waals surface area contributed by atoms with Gasteiger partial charge in [-0.25, -0.2) is 0 Å². The molecule has 1 saturated heterocycles. The van der Waals surface area contributed by atoms with E-state index in [9.17, 15) is 14.9 Å². The molecule has 0 bridgehead atoms. The number of nitrogens with one attached hydrogen (secondary N) is 1. The topological polar surface area (TPSA) is 84.7 Å². The molecule has 1 unspecified atom stereocenters. The van der Waals surface area contributed by atoms with Crippen molar-refractivity contribution in [1.82, 2.24) is 4.90 Å². The van der Waals surface area contributed by atoms with Gasteiger partial charge in [0.15, 0.2) is 5.50 Å². The molecular weight excluding hydrogens is 498 g/mol. The van der Waals surface area contributed by atoms with Gasteiger partial charge in [-0.1, -0.05) is 67.9 Å². The molecule has 0 aromatic heterocycles. The molecule has 7 nitrogen and oxygen atoms in total. The second-order valence-electron chi connectivity index (χ2n) is 9.78. The number of hydrogen-bond donors (Lipinski definition) is 1. The van der Waals surface area contributed by atoms with Crippen LogP contribution in [0.4, 0.5) is 11.4 Å². The van der Waals surface area contributed by atoms with Gasteiger partial charge in [0.05, 0.1) is 9.83 Å². The molecule has 5 rings (SSSR count). The minimum atomic E-state index is -0.417. The fourth-order valence-corrected chi connectivity index (χ4v) is 6.32. The third-order valence-electron chi connectivity index (χ3n) is 7.17. The number of thioether (sulfide) groups is 1. The van der Waals surface area contributed by atoms with Gasteiger partial charge in [0.2, 0.25) is 0 Å². The Morgan fingerprint density at radius 2 is 1.74 bits per heavy atom. The van der Waals surface area contributed by atoms with Crippen molar-refractivity contribution in [2.24, 2.45) is 5.92 Å². The molecule has 3 atom stereocenters. The third-order valence-corrected chi connectivity index (χ3v) is 8.29. The lowest BCUT2D eigenvalue weighted by Gasteiger charge is -2.39. The zero-order valence-electron chi connectivity index (χ0n) is 21.3. The highest BCUT2D eigenvalue weighted by Gasteiger charge is 2.43. The van der Waals surface area contributed by atoms with Gasteiger partial charge in [0.25, 0.3) is 11.6 Å². The summed E-state index contributed by atoms with van der Waals surface area (Å²) < 4.78 is 6.09. The molecule has 1 saturated carbocycles. The minimum absolute atomic E-state index is 0.0474. The first-order valence-corrected chi connectivity index (χ1v) is 13.9. The lowest BCUT2D eigenvalue weighted by Crippen LogP contribution is -2.48. The zero-order chi connectivity index (χ0) is 26.5. The van der Waals surface area contributed by atoms with E-state index < -0.39 is 4.92 Å². The highest BCUT2D eigenvalue weighted by atomic mass is 32.2. The molecule has 2 fully saturated rings. The Morgan fingerprint density at radius 3 is 2.47 bits per heavy atom. The highest BCUT2D eigenvalue weighted by Crippen LogP contribution is 2.42. The quantitative estimate of drug-likeness (QED) is 0.191. The normalized spacial score (nSPS) is 22.4. The summed E-state index contributed by atoms with van der Waals surface area (Å²) in [6, 6.07) is 24.2. The number of nitro groups is 1. The largest absolute Gasteiger partial charge is 0.488 e. The van der Waals surface area contributed by atoms with Crippen molar-refractivity contribution < 1.29 is 14.5 Å². The Labute approximate surface area is 227 Å². The van der Waals surface area contributed by atoms with E-state index in [0.29, 0.717) is 16.6 Å². The van der Waals surface area contributed by atoms with Gasteiger partial charge in [-0.3, -0.25) is 14.9 Å². The molecule has 1 aliphatic carbocycles. The number of carbonyl (C=O) groups excluding carboxylic acids is 1. The average Bonchev–Trinajstić information content (AvgIpc) is 3.23. The third kappa shape index (κ3) is 5.86. The van der Waals surface area contributed by atoms with E-state index in [1.165, 1.54) is 18.6 Å². The molecule has 38 heavy (non-hydrogen) atoms. The van der Waals surface area contributed by atoms with Gasteiger partial charge in [0, 0.05) is 29.4 Å². The van der Waals surface area contributed by atoms with Crippen LogP contribution in [0.5, 0.6) is 5.75 Å². The van der Waals surface area contributed by atoms with Crippen LogP contribution in [0.1, 0.15) is 43.7 Å². The fraction of sp³-hybridized carbons (Fsp3) is 0.300. The summed E-state index contributed by atoms with van der Waals surface area (Å²) in [6.45, 7) is 2.52. The van der Waals surface area contributed by atoms with E-state index in [1.54, 1.807) is 23.9 Å². The molecule has 196 valence electrons. The molecule has 1 aliphatic heterocycles. The maximum atomic E-state index is 13.8. The van der Waals surface area contributed by atoms with Crippen LogP contribution in [-0.4, -0.2) is 27.3 Å². The van der Waals surface area contributed by atoms with Crippen LogP contribution in [-0.2, 0) is 11.4 Å². The first-order valence-electron chi connectivity index (χ1n) is 13.0. The number of hydrogen-bond acceptors (Lipinski definition) is 6. The van der Waals surface area contributed by atoms with E-state index in [0.717, 1.165) is 36.1 Å². The Kier molecular flexibility index (Phi) is 7.98. The van der Waals surface area contributed by atoms with Crippen molar-refractivity contribution in [2.45, 2.75) is 50.8 Å². The molecule has 2 aliphatic rings. The predicted molar refractivity (Wildman–Crippen MR) is 152 cm³/mol. The monoisotopic (exact) mass is 529 g/mol. The Hall–Kier alpha value is -3.78. The second kappa shape index (κ2) is 11.7. The summed E-state index contributed by atoms with van der Waals surface area (Å²) in [6.07, 6.45) is 6.43. The summed E-state index contributed by atoms with van der Waals surface area (Å²) in [5.74, 6) is 1.15. The van der Waals surface area contributed by atoms with Crippen molar-refractivity contribution in [2.75, 3.05) is 5.32 Å². The van der Waals surface area contributed by atoms with E-state index >= 15 is 0 Å². The number of nitro benzene ring substituents is 1. The zero-order valence-corrected chi connectivity index (χ0v) is 22.1. The van der Waals surface area contributed by atoms with E-state index in [1.807, 2.05) is 65.6 Å². The molecule has 1 amide bonds. The molecule has 3 aromatic rings. The number of benzene rings is 3. The van der Waals surface area contributed by atoms with Crippen LogP contribution in [0.25, 0.3) is 6.08 Å². The first kappa shape index (κ1) is 25.9. The van der Waals surface area contributed by atoms with E-state index in [4.69, 9.17) is 4.74 Å². The van der Waals surface area contributed by atoms with Crippen molar-refractivity contribution in [3.63, 3.8) is 0 Å². The van der Waals surface area contributed by atoms with Gasteiger partial charge < -0.3 is 15.0 Å². The van der Waals surface area contributed by atoms with Gasteiger partial charge in [0.1, 0.15) is 12.4 Å². The Morgan fingerprint density at radius 1 is 1.03 bits per heavy atom. The Balaban J connectivity index is 1.38. The van der Waals surface area contributed by atoms with Crippen LogP contribution >= 0.6 is 11.8 Å². The number of amides is 1. The van der Waals surface area contributed by atoms with Crippen LogP contribution in [0.2, 0.25) is 0 Å². The fourth-order valence-electron chi connectivity index (χ4n) is 5.11. The minimum Gasteiger partial charge on any atom is -0.488 e. The van der Waals surface area contributed by atoms with Gasteiger partial charge >= 0.3 is 0 Å². The maximum absolute atomic E-state index is 13.8. The molecular formula is C30H31N3O4S. The smallest absolute Gasteiger partial charge is 0.269 e. The molecule has 1 N–H and O–H groups in total. The SMILES string of the molecule is C[C@H]1CCCC[C@@H]1N1C(=O)/C(=C/c2ccccc2OCc2ccc([N+](=O)[O-])cc2)SC1Nc1ccccc1. The second-order valence-corrected chi connectivity index (χ2v) is 10.9. The molecule has 8 heteroatoms. The van der Waals surface area contributed by atoms with Crippen molar-refractivity contribution >= 4 is 35.1 Å². The van der Waals surface area contributed by atoms with Crippen molar-refractivity contribution in [1.29, 1.82) is 0 Å². The van der Waals surface area contributed by atoms with Gasteiger partial charge in [-0.05, 0) is 60.7 Å². The number of rotatable bonds is 8. The highest BCUT2D eigenvalue weighted by molar-refractivity contribution is 8.05. The number of non-ortho nitro benzene ring substituents is 1. The summed E-state index contributed by atoms with van der Waals surface area (Å²) in [4.78, 5) is 27.1. The van der Waals surface area contributed by atoms with Crippen molar-refractivity contribution in [3.05, 3.63) is 105 Å². The summed E-state index contributed by atoms with van der Waals surface area (Å²) in [5.41, 5.74) is 2.50. The maximum Gasteiger partial charge on any atom is 0.269 e. The standard InChI is InChI=1S/C30H31N3O4S/c1-21-9-5-7-13-26(21)32-29(34)28(38-30(32)31-24-11-3-2-4-12-24)19-23-10-6-8-14-27(23)37-20-22-15-17-25(18-16-22)33(35)36/h2-4,6,8,10-12,14-19,21,26,30-31H,5,7,9,13,20H2,1H3/b28-19-/t21-,26-,30?/m0/s1. The van der Waals surface area contributed by atoms with Crippen LogP contribution in [0.3, 0.4) is 0 Å². The van der Waals surface area contributed by atoms with Crippen LogP contribution in [0.15, 0.2) is 83.8 Å². The van der Waals surface area contributed by atoms with E-state index in [-0.39, 0.29) is 29.7 Å². The Bertz CT molecular complexity index is 1310. The summed E-state index contributed by atoms with van der Waals surface area (Å²) in [7, 11) is 0. The van der Waals surface area contributed by atoms with Crippen molar-refractivity contribution in [3.8, 4) is 5.75 Å². The van der Waals surface area contributed by atoms with E-state index in [2.05, 4.69) is 12.2 Å². The number of ether oxygens (including phenoxy) is 1. The lowest BCUT2D eigenvalue weighted by atomic mass is 9.85. The van der Waals surface area contributed by atoms with Gasteiger partial charge in [-0.2, -0.15) is 0 Å². The summed E-state index contributed by atoms with van der Waals surface area (Å²) in [5, 5.41) is 14.5. The molecule has 0 radical (unpaired) electrons. The average molecular weight is 530 g/mol. The number of nitrogens with zero attached hydrogens (tertiary/aromatic N) is 2. The van der Waals surface area contributed by atoms with Gasteiger partial charge in [-0.15, -0.1) is 0 Å². The summed E-state index contributed by atoms with van der Waals surface area (Å²) >= 11 is 1.55. The first-order chi connectivity index (χ1) is 18.5. The molecule has 3 aromatic carbocycles.